The fourth-order valence-corrected chi connectivity index (χ4v) is 3.66. The van der Waals surface area contributed by atoms with Crippen molar-refractivity contribution < 1.29 is 18.6 Å². The standard InChI is InChI=1S/C21H30B2O4/c1-15-9-8-10-16(2)20(15)23(26-7)27-12-11-19-13-17(3)21(18(4)14-19)22(24-5)25-6/h8-10,13-14H,11-12H2,1-7H3. The molecule has 0 aliphatic rings. The molecule has 0 bridgehead atoms. The van der Waals surface area contributed by atoms with E-state index in [1.54, 1.807) is 21.3 Å². The maximum absolute atomic E-state index is 6.07. The molecule has 27 heavy (non-hydrogen) atoms. The number of benzene rings is 2. The summed E-state index contributed by atoms with van der Waals surface area (Å²) in [7, 11) is 4.33. The Labute approximate surface area is 164 Å². The van der Waals surface area contributed by atoms with Crippen LogP contribution in [0.3, 0.4) is 0 Å². The first-order chi connectivity index (χ1) is 12.9. The molecule has 0 aromatic heterocycles. The summed E-state index contributed by atoms with van der Waals surface area (Å²) in [6.45, 7) is 8.94. The first kappa shape index (κ1) is 21.7. The van der Waals surface area contributed by atoms with E-state index in [1.807, 2.05) is 0 Å². The van der Waals surface area contributed by atoms with Gasteiger partial charge in [-0.25, -0.2) is 0 Å². The molecule has 0 unspecified atom stereocenters. The van der Waals surface area contributed by atoms with Crippen LogP contribution in [0.5, 0.6) is 0 Å². The van der Waals surface area contributed by atoms with Crippen molar-refractivity contribution in [2.24, 2.45) is 0 Å². The predicted molar refractivity (Wildman–Crippen MR) is 113 cm³/mol. The van der Waals surface area contributed by atoms with Gasteiger partial charge in [-0.2, -0.15) is 0 Å². The molecule has 0 spiro atoms. The van der Waals surface area contributed by atoms with Gasteiger partial charge >= 0.3 is 14.2 Å². The zero-order chi connectivity index (χ0) is 20.0. The van der Waals surface area contributed by atoms with Crippen LogP contribution < -0.4 is 10.9 Å². The highest BCUT2D eigenvalue weighted by Crippen LogP contribution is 2.11. The first-order valence-electron chi connectivity index (χ1n) is 9.29. The second-order valence-corrected chi connectivity index (χ2v) is 6.94. The summed E-state index contributed by atoms with van der Waals surface area (Å²) in [5, 5.41) is 0. The molecular formula is C21H30B2O4. The normalized spacial score (nSPS) is 10.9. The first-order valence-corrected chi connectivity index (χ1v) is 9.29. The summed E-state index contributed by atoms with van der Waals surface area (Å²) in [6.07, 6.45) is 0.817. The van der Waals surface area contributed by atoms with Crippen molar-refractivity contribution in [2.75, 3.05) is 27.9 Å². The summed E-state index contributed by atoms with van der Waals surface area (Å²) in [5.41, 5.74) is 8.14. The Morgan fingerprint density at radius 3 is 1.67 bits per heavy atom. The molecule has 2 rings (SSSR count). The van der Waals surface area contributed by atoms with Crippen LogP contribution in [0.15, 0.2) is 30.3 Å². The Morgan fingerprint density at radius 2 is 1.19 bits per heavy atom. The molecule has 0 N–H and O–H groups in total. The molecule has 0 atom stereocenters. The number of hydrogen-bond donors (Lipinski definition) is 0. The number of aryl methyl sites for hydroxylation is 4. The smallest absolute Gasteiger partial charge is 0.410 e. The van der Waals surface area contributed by atoms with E-state index in [2.05, 4.69) is 58.0 Å². The van der Waals surface area contributed by atoms with Crippen molar-refractivity contribution in [1.82, 2.24) is 0 Å². The van der Waals surface area contributed by atoms with Gasteiger partial charge in [-0.15, -0.1) is 0 Å². The second kappa shape index (κ2) is 10.1. The van der Waals surface area contributed by atoms with E-state index >= 15 is 0 Å². The number of rotatable bonds is 9. The molecule has 4 nitrogen and oxygen atoms in total. The van der Waals surface area contributed by atoms with Crippen LogP contribution >= 0.6 is 0 Å². The highest BCUT2D eigenvalue weighted by molar-refractivity contribution is 6.62. The van der Waals surface area contributed by atoms with Crippen molar-refractivity contribution in [3.05, 3.63) is 58.1 Å². The van der Waals surface area contributed by atoms with E-state index in [-0.39, 0.29) is 14.2 Å². The molecule has 0 aliphatic carbocycles. The lowest BCUT2D eigenvalue weighted by molar-refractivity contribution is 0.243. The largest absolute Gasteiger partial charge is 0.494 e. The average molecular weight is 368 g/mol. The molecule has 0 amide bonds. The van der Waals surface area contributed by atoms with Gasteiger partial charge in [-0.05, 0) is 50.6 Å². The Hall–Kier alpha value is -1.59. The highest BCUT2D eigenvalue weighted by atomic mass is 16.6. The Morgan fingerprint density at radius 1 is 0.704 bits per heavy atom. The summed E-state index contributed by atoms with van der Waals surface area (Å²) in [5.74, 6) is 0. The summed E-state index contributed by atoms with van der Waals surface area (Å²) < 4.78 is 22.5. The van der Waals surface area contributed by atoms with Crippen molar-refractivity contribution >= 4 is 25.2 Å². The third kappa shape index (κ3) is 5.23. The van der Waals surface area contributed by atoms with Crippen LogP contribution in [-0.2, 0) is 25.0 Å². The summed E-state index contributed by atoms with van der Waals surface area (Å²) in [4.78, 5) is 0. The van der Waals surface area contributed by atoms with E-state index in [4.69, 9.17) is 18.6 Å². The molecule has 2 aromatic carbocycles. The molecular weight excluding hydrogens is 338 g/mol. The lowest BCUT2D eigenvalue weighted by Gasteiger charge is -2.18. The Bertz CT molecular complexity index is 717. The van der Waals surface area contributed by atoms with Gasteiger partial charge in [-0.3, -0.25) is 0 Å². The van der Waals surface area contributed by atoms with Gasteiger partial charge in [0.1, 0.15) is 0 Å². The minimum atomic E-state index is -0.348. The van der Waals surface area contributed by atoms with Crippen molar-refractivity contribution in [3.63, 3.8) is 0 Å². The lowest BCUT2D eigenvalue weighted by Crippen LogP contribution is -2.40. The van der Waals surface area contributed by atoms with Crippen LogP contribution in [0.1, 0.15) is 27.8 Å². The fraction of sp³-hybridized carbons (Fsp3) is 0.429. The van der Waals surface area contributed by atoms with Gasteiger partial charge in [0.2, 0.25) is 0 Å². The van der Waals surface area contributed by atoms with Gasteiger partial charge in [0.15, 0.2) is 0 Å². The topological polar surface area (TPSA) is 36.9 Å². The summed E-state index contributed by atoms with van der Waals surface area (Å²) >= 11 is 0. The van der Waals surface area contributed by atoms with E-state index in [1.165, 1.54) is 16.7 Å². The van der Waals surface area contributed by atoms with Gasteiger partial charge in [0.25, 0.3) is 0 Å². The molecule has 0 heterocycles. The molecule has 0 radical (unpaired) electrons. The molecule has 6 heteroatoms. The van der Waals surface area contributed by atoms with Gasteiger partial charge < -0.3 is 18.6 Å². The maximum atomic E-state index is 6.07. The maximum Gasteiger partial charge on any atom is 0.494 e. The van der Waals surface area contributed by atoms with Gasteiger partial charge in [0, 0.05) is 27.9 Å². The molecule has 2 aromatic rings. The van der Waals surface area contributed by atoms with Crippen LogP contribution in [0.4, 0.5) is 0 Å². The molecule has 0 aliphatic heterocycles. The monoisotopic (exact) mass is 368 g/mol. The predicted octanol–water partition coefficient (Wildman–Crippen LogP) is 2.51. The Kier molecular flexibility index (Phi) is 8.11. The average Bonchev–Trinajstić information content (AvgIpc) is 2.63. The zero-order valence-corrected chi connectivity index (χ0v) is 17.6. The van der Waals surface area contributed by atoms with Crippen molar-refractivity contribution in [1.29, 1.82) is 0 Å². The quantitative estimate of drug-likeness (QED) is 0.638. The fourth-order valence-electron chi connectivity index (χ4n) is 3.66. The van der Waals surface area contributed by atoms with E-state index in [0.29, 0.717) is 6.61 Å². The summed E-state index contributed by atoms with van der Waals surface area (Å²) in [6, 6.07) is 10.6. The van der Waals surface area contributed by atoms with Crippen LogP contribution in [0, 0.1) is 27.7 Å². The highest BCUT2D eigenvalue weighted by Gasteiger charge is 2.25. The van der Waals surface area contributed by atoms with Gasteiger partial charge in [-0.1, -0.05) is 52.6 Å². The molecule has 0 saturated heterocycles. The SMILES string of the molecule is COB(OC)c1c(C)cc(CCOB(OC)c2c(C)cccc2C)cc1C. The molecule has 0 saturated carbocycles. The van der Waals surface area contributed by atoms with E-state index < -0.39 is 0 Å². The second-order valence-electron chi connectivity index (χ2n) is 6.94. The third-order valence-corrected chi connectivity index (χ3v) is 4.97. The van der Waals surface area contributed by atoms with Crippen molar-refractivity contribution in [2.45, 2.75) is 34.1 Å². The van der Waals surface area contributed by atoms with Crippen molar-refractivity contribution in [3.8, 4) is 0 Å². The minimum absolute atomic E-state index is 0.336. The minimum Gasteiger partial charge on any atom is -0.410 e. The molecule has 0 fully saturated rings. The molecule has 144 valence electrons. The van der Waals surface area contributed by atoms with Crippen LogP contribution in [-0.4, -0.2) is 42.2 Å². The van der Waals surface area contributed by atoms with E-state index in [0.717, 1.165) is 28.5 Å². The van der Waals surface area contributed by atoms with Crippen LogP contribution in [0.25, 0.3) is 0 Å². The Balaban J connectivity index is 2.08. The van der Waals surface area contributed by atoms with Crippen LogP contribution in [0.2, 0.25) is 0 Å². The third-order valence-electron chi connectivity index (χ3n) is 4.97. The zero-order valence-electron chi connectivity index (χ0n) is 17.6. The lowest BCUT2D eigenvalue weighted by atomic mass is 9.72. The van der Waals surface area contributed by atoms with Gasteiger partial charge in [0.05, 0.1) is 0 Å². The van der Waals surface area contributed by atoms with E-state index in [9.17, 15) is 0 Å². The number of hydrogen-bond acceptors (Lipinski definition) is 4.